The number of likely N-dealkylation sites (tertiary alicyclic amines) is 2. The van der Waals surface area contributed by atoms with Crippen molar-refractivity contribution in [2.45, 2.75) is 76.5 Å². The molecule has 4 N–H and O–H groups in total. The monoisotopic (exact) mass is 620 g/mol. The fraction of sp³-hybridized carbons (Fsp3) is 0.543. The largest absolute Gasteiger partial charge is 0.481 e. The van der Waals surface area contributed by atoms with E-state index >= 15 is 0 Å². The molecule has 5 rings (SSSR count). The number of hydrogen-bond donors (Lipinski definition) is 4. The van der Waals surface area contributed by atoms with Gasteiger partial charge < -0.3 is 20.8 Å². The second kappa shape index (κ2) is 17.7. The van der Waals surface area contributed by atoms with E-state index < -0.39 is 11.9 Å². The molecular weight excluding hydrogens is 572 g/mol. The number of benzene rings is 2. The van der Waals surface area contributed by atoms with Gasteiger partial charge in [-0.05, 0) is 106 Å². The second-order valence-electron chi connectivity index (χ2n) is 12.5. The first-order valence-corrected chi connectivity index (χ1v) is 16.4. The lowest BCUT2D eigenvalue weighted by Crippen LogP contribution is -2.30. The third kappa shape index (κ3) is 11.6. The Kier molecular flexibility index (Phi) is 13.4. The van der Waals surface area contributed by atoms with E-state index in [0.29, 0.717) is 24.9 Å². The van der Waals surface area contributed by atoms with Crippen molar-refractivity contribution in [3.8, 4) is 0 Å². The Balaban J connectivity index is 0.000000510. The molecule has 2 saturated heterocycles. The molecule has 0 radical (unpaired) electrons. The second-order valence-corrected chi connectivity index (χ2v) is 12.5. The van der Waals surface area contributed by atoms with Gasteiger partial charge in [0.25, 0.3) is 0 Å². The van der Waals surface area contributed by atoms with Gasteiger partial charge in [0.15, 0.2) is 0 Å². The third-order valence-corrected chi connectivity index (χ3v) is 8.91. The van der Waals surface area contributed by atoms with Gasteiger partial charge in [-0.1, -0.05) is 43.5 Å². The number of nitrogens with one attached hydrogen (secondary N) is 2. The van der Waals surface area contributed by atoms with Gasteiger partial charge in [-0.25, -0.2) is 0 Å². The maximum Gasteiger partial charge on any atom is 0.303 e. The molecule has 2 aromatic carbocycles. The molecule has 45 heavy (non-hydrogen) atoms. The molecule has 0 spiro atoms. The highest BCUT2D eigenvalue weighted by Crippen LogP contribution is 2.41. The number of carboxylic acids is 2. The van der Waals surface area contributed by atoms with E-state index in [-0.39, 0.29) is 24.7 Å². The number of carbonyl (C=O) groups excluding carboxylic acids is 2. The Bertz CT molecular complexity index is 1160. The minimum atomic E-state index is -1.08. The van der Waals surface area contributed by atoms with Crippen LogP contribution in [0.1, 0.15) is 87.7 Å². The molecule has 2 aliphatic heterocycles. The molecule has 10 heteroatoms. The van der Waals surface area contributed by atoms with Crippen LogP contribution >= 0.6 is 0 Å². The zero-order chi connectivity index (χ0) is 32.0. The molecule has 3 aliphatic rings. The topological polar surface area (TPSA) is 139 Å². The van der Waals surface area contributed by atoms with Crippen LogP contribution in [0.2, 0.25) is 0 Å². The maximum atomic E-state index is 12.5. The summed E-state index contributed by atoms with van der Waals surface area (Å²) >= 11 is 0. The summed E-state index contributed by atoms with van der Waals surface area (Å²) in [5.74, 6) is -1.08. The molecule has 0 atom stereocenters. The highest BCUT2D eigenvalue weighted by atomic mass is 16.4. The van der Waals surface area contributed by atoms with Gasteiger partial charge in [0.2, 0.25) is 11.8 Å². The maximum absolute atomic E-state index is 12.5. The molecule has 2 aromatic rings. The highest BCUT2D eigenvalue weighted by Gasteiger charge is 2.27. The molecule has 0 aromatic heterocycles. The summed E-state index contributed by atoms with van der Waals surface area (Å²) in [5.41, 5.74) is 4.34. The van der Waals surface area contributed by atoms with Crippen LogP contribution in [-0.4, -0.2) is 83.0 Å². The van der Waals surface area contributed by atoms with E-state index in [1.807, 2.05) is 0 Å². The first-order chi connectivity index (χ1) is 21.8. The fourth-order valence-electron chi connectivity index (χ4n) is 6.65. The third-order valence-electron chi connectivity index (χ3n) is 8.91. The van der Waals surface area contributed by atoms with Crippen molar-refractivity contribution >= 4 is 35.1 Å². The number of carbonyl (C=O) groups is 4. The average Bonchev–Trinajstić information content (AvgIpc) is 3.74. The van der Waals surface area contributed by atoms with Crippen LogP contribution < -0.4 is 10.6 Å². The predicted octanol–water partition coefficient (Wildman–Crippen LogP) is 5.40. The minimum Gasteiger partial charge on any atom is -0.481 e. The van der Waals surface area contributed by atoms with E-state index in [0.717, 1.165) is 37.6 Å². The Morgan fingerprint density at radius 2 is 0.978 bits per heavy atom. The molecule has 0 bridgehead atoms. The summed E-state index contributed by atoms with van der Waals surface area (Å²) in [7, 11) is 0. The van der Waals surface area contributed by atoms with E-state index in [2.05, 4.69) is 69.0 Å². The number of rotatable bonds is 12. The van der Waals surface area contributed by atoms with E-state index in [1.54, 1.807) is 0 Å². The minimum absolute atomic E-state index is 0.0702. The smallest absolute Gasteiger partial charge is 0.303 e. The quantitative estimate of drug-likeness (QED) is 0.247. The molecule has 2 heterocycles. The Morgan fingerprint density at radius 3 is 1.33 bits per heavy atom. The lowest BCUT2D eigenvalue weighted by atomic mass is 9.73. The van der Waals surface area contributed by atoms with Crippen molar-refractivity contribution in [3.05, 3.63) is 59.7 Å². The number of anilines is 2. The van der Waals surface area contributed by atoms with Crippen molar-refractivity contribution in [2.24, 2.45) is 5.92 Å². The molecule has 3 fully saturated rings. The van der Waals surface area contributed by atoms with Gasteiger partial charge in [-0.15, -0.1) is 0 Å². The molecule has 10 nitrogen and oxygen atoms in total. The van der Waals surface area contributed by atoms with E-state index in [1.165, 1.54) is 68.9 Å². The van der Waals surface area contributed by atoms with Crippen LogP contribution in [0.15, 0.2) is 48.5 Å². The molecule has 1 aliphatic carbocycles. The summed E-state index contributed by atoms with van der Waals surface area (Å²) in [6, 6.07) is 17.0. The number of amides is 2. The van der Waals surface area contributed by atoms with Gasteiger partial charge >= 0.3 is 11.9 Å². The van der Waals surface area contributed by atoms with Gasteiger partial charge in [-0.3, -0.25) is 29.0 Å². The lowest BCUT2D eigenvalue weighted by Gasteiger charge is -2.31. The van der Waals surface area contributed by atoms with Crippen molar-refractivity contribution in [1.29, 1.82) is 0 Å². The highest BCUT2D eigenvalue weighted by molar-refractivity contribution is 5.92. The van der Waals surface area contributed by atoms with Crippen molar-refractivity contribution in [1.82, 2.24) is 9.80 Å². The van der Waals surface area contributed by atoms with Crippen LogP contribution in [0, 0.1) is 5.92 Å². The normalized spacial score (nSPS) is 17.4. The molecular formula is C35H48N4O6. The average molecular weight is 621 g/mol. The Hall–Kier alpha value is -3.76. The van der Waals surface area contributed by atoms with E-state index in [4.69, 9.17) is 10.2 Å². The van der Waals surface area contributed by atoms with Crippen LogP contribution in [0.5, 0.6) is 0 Å². The number of nitrogens with zero attached hydrogens (tertiary/aromatic N) is 2. The molecule has 2 amide bonds. The summed E-state index contributed by atoms with van der Waals surface area (Å²) in [6.07, 6.45) is 10.6. The summed E-state index contributed by atoms with van der Waals surface area (Å²) in [6.45, 7) is 5.06. The summed E-state index contributed by atoms with van der Waals surface area (Å²) in [5, 5.41) is 22.0. The Morgan fingerprint density at radius 1 is 0.600 bits per heavy atom. The lowest BCUT2D eigenvalue weighted by molar-refractivity contribution is -0.143. The summed E-state index contributed by atoms with van der Waals surface area (Å²) < 4.78 is 0. The molecule has 244 valence electrons. The van der Waals surface area contributed by atoms with Gasteiger partial charge in [0, 0.05) is 17.3 Å². The Labute approximate surface area is 266 Å². The predicted molar refractivity (Wildman–Crippen MR) is 174 cm³/mol. The van der Waals surface area contributed by atoms with Crippen LogP contribution in [0.25, 0.3) is 0 Å². The SMILES string of the molecule is O=C(CN1CCCC1)Nc1ccc(C(c2ccc(NC(=O)CN3CCCC3)cc2)C2CCCCC2)cc1.O=C(O)CCC(=O)O. The van der Waals surface area contributed by atoms with Crippen LogP contribution in [0.4, 0.5) is 11.4 Å². The first-order valence-electron chi connectivity index (χ1n) is 16.4. The zero-order valence-electron chi connectivity index (χ0n) is 26.2. The van der Waals surface area contributed by atoms with Crippen molar-refractivity contribution < 1.29 is 29.4 Å². The zero-order valence-corrected chi connectivity index (χ0v) is 26.2. The fourth-order valence-corrected chi connectivity index (χ4v) is 6.65. The number of aliphatic carboxylic acids is 2. The van der Waals surface area contributed by atoms with Crippen LogP contribution in [-0.2, 0) is 19.2 Å². The van der Waals surface area contributed by atoms with Crippen molar-refractivity contribution in [2.75, 3.05) is 49.9 Å². The molecule has 1 saturated carbocycles. The number of carboxylic acid groups (broad SMARTS) is 2. The summed E-state index contributed by atoms with van der Waals surface area (Å²) in [4.78, 5) is 48.7. The van der Waals surface area contributed by atoms with Gasteiger partial charge in [-0.2, -0.15) is 0 Å². The van der Waals surface area contributed by atoms with Crippen molar-refractivity contribution in [3.63, 3.8) is 0 Å². The van der Waals surface area contributed by atoms with Gasteiger partial charge in [0.05, 0.1) is 25.9 Å². The first kappa shape index (κ1) is 34.1. The van der Waals surface area contributed by atoms with Crippen LogP contribution in [0.3, 0.4) is 0 Å². The standard InChI is InChI=1S/C31H42N4O2.C4H6O4/c36-29(22-34-18-4-5-19-34)32-27-14-10-25(11-15-27)31(24-8-2-1-3-9-24)26-12-16-28(17-13-26)33-30(37)23-35-20-6-7-21-35;5-3(6)1-2-4(7)8/h10-17,24,31H,1-9,18-23H2,(H,32,36)(H,33,37);1-2H2,(H,5,6)(H,7,8). The molecule has 0 unspecified atom stereocenters. The van der Waals surface area contributed by atoms with Gasteiger partial charge in [0.1, 0.15) is 0 Å². The number of hydrogen-bond acceptors (Lipinski definition) is 6. The van der Waals surface area contributed by atoms with E-state index in [9.17, 15) is 19.2 Å².